The normalized spacial score (nSPS) is 20.6. The molecule has 1 aliphatic carbocycles. The monoisotopic (exact) mass is 583 g/mol. The molecule has 2 fully saturated rings. The van der Waals surface area contributed by atoms with Gasteiger partial charge in [-0.2, -0.15) is 0 Å². The number of carbonyl (C=O) groups excluding carboxylic acids is 1. The number of hydrogen-bond acceptors (Lipinski definition) is 4. The van der Waals surface area contributed by atoms with E-state index in [9.17, 15) is 30.8 Å². The van der Waals surface area contributed by atoms with E-state index < -0.39 is 51.7 Å². The van der Waals surface area contributed by atoms with Crippen LogP contribution in [0.1, 0.15) is 69.9 Å². The van der Waals surface area contributed by atoms with E-state index in [1.165, 1.54) is 6.07 Å². The average Bonchev–Trinajstić information content (AvgIpc) is 2.90. The predicted molar refractivity (Wildman–Crippen MR) is 146 cm³/mol. The van der Waals surface area contributed by atoms with Crippen LogP contribution in [0.3, 0.4) is 0 Å². The van der Waals surface area contributed by atoms with Crippen molar-refractivity contribution in [3.63, 3.8) is 0 Å². The van der Waals surface area contributed by atoms with E-state index >= 15 is 0 Å². The summed E-state index contributed by atoms with van der Waals surface area (Å²) in [4.78, 5) is 14.7. The molecule has 1 saturated heterocycles. The molecule has 40 heavy (non-hydrogen) atoms. The Bertz CT molecular complexity index is 1240. The highest BCUT2D eigenvalue weighted by molar-refractivity contribution is 7.90. The minimum absolute atomic E-state index is 0.0201. The lowest BCUT2D eigenvalue weighted by Gasteiger charge is -2.37. The number of nitrogens with zero attached hydrogens (tertiary/aromatic N) is 1. The number of carbonyl (C=O) groups is 1. The van der Waals surface area contributed by atoms with E-state index in [-0.39, 0.29) is 42.8 Å². The van der Waals surface area contributed by atoms with Gasteiger partial charge in [0.05, 0.1) is 10.9 Å². The Hall–Kier alpha value is -2.50. The maximum Gasteiger partial charge on any atom is 0.248 e. The van der Waals surface area contributed by atoms with Crippen molar-refractivity contribution in [1.29, 1.82) is 0 Å². The molecule has 2 N–H and O–H groups in total. The first-order chi connectivity index (χ1) is 18.9. The fourth-order valence-corrected chi connectivity index (χ4v) is 7.38. The summed E-state index contributed by atoms with van der Waals surface area (Å²) in [7, 11) is -3.80. The average molecular weight is 584 g/mol. The van der Waals surface area contributed by atoms with Crippen molar-refractivity contribution in [3.8, 4) is 0 Å². The van der Waals surface area contributed by atoms with Gasteiger partial charge in [0, 0.05) is 37.4 Å². The second-order valence-electron chi connectivity index (χ2n) is 11.1. The van der Waals surface area contributed by atoms with E-state index in [2.05, 4.69) is 14.9 Å². The van der Waals surface area contributed by atoms with Crippen molar-refractivity contribution >= 4 is 21.6 Å². The van der Waals surface area contributed by atoms with Crippen molar-refractivity contribution < 1.29 is 30.8 Å². The lowest BCUT2D eigenvalue weighted by molar-refractivity contribution is -0.117. The molecule has 11 heteroatoms. The van der Waals surface area contributed by atoms with Crippen LogP contribution >= 0.6 is 0 Å². The third-order valence-electron chi connectivity index (χ3n) is 8.14. The maximum absolute atomic E-state index is 13.9. The third-order valence-corrected chi connectivity index (χ3v) is 10.1. The van der Waals surface area contributed by atoms with Gasteiger partial charge in [0.15, 0.2) is 0 Å². The van der Waals surface area contributed by atoms with Crippen LogP contribution in [0.5, 0.6) is 0 Å². The fraction of sp³-hybridized carbons (Fsp3) is 0.552. The molecule has 2 aliphatic rings. The maximum atomic E-state index is 13.9. The topological polar surface area (TPSA) is 78.5 Å². The number of alkyl halides is 2. The molecule has 6 nitrogen and oxygen atoms in total. The highest BCUT2D eigenvalue weighted by Gasteiger charge is 2.40. The molecule has 1 heterocycles. The third kappa shape index (κ3) is 8.27. The molecule has 0 aromatic heterocycles. The molecule has 0 radical (unpaired) electrons. The van der Waals surface area contributed by atoms with E-state index in [4.69, 9.17) is 0 Å². The van der Waals surface area contributed by atoms with Gasteiger partial charge in [-0.05, 0) is 75.7 Å². The highest BCUT2D eigenvalue weighted by Crippen LogP contribution is 2.36. The van der Waals surface area contributed by atoms with E-state index in [1.807, 2.05) is 37.3 Å². The number of piperidine rings is 1. The number of halogens is 4. The molecule has 220 valence electrons. The van der Waals surface area contributed by atoms with Gasteiger partial charge >= 0.3 is 0 Å². The number of likely N-dealkylation sites (tertiary alicyclic amines) is 1. The molecule has 2 atom stereocenters. The van der Waals surface area contributed by atoms with Gasteiger partial charge in [0.1, 0.15) is 11.6 Å². The first-order valence-corrected chi connectivity index (χ1v) is 15.4. The first kappa shape index (κ1) is 30.5. The van der Waals surface area contributed by atoms with Crippen LogP contribution in [0.15, 0.2) is 48.5 Å². The van der Waals surface area contributed by atoms with Crippen molar-refractivity contribution in [2.24, 2.45) is 5.92 Å². The van der Waals surface area contributed by atoms with E-state index in [1.54, 1.807) is 0 Å². The number of sulfonamides is 1. The van der Waals surface area contributed by atoms with Gasteiger partial charge in [0.2, 0.25) is 21.9 Å². The van der Waals surface area contributed by atoms with Crippen molar-refractivity contribution in [3.05, 3.63) is 65.7 Å². The quantitative estimate of drug-likeness (QED) is 0.335. The molecule has 4 rings (SSSR count). The number of anilines is 1. The zero-order valence-corrected chi connectivity index (χ0v) is 23.4. The molecule has 1 aliphatic heterocycles. The summed E-state index contributed by atoms with van der Waals surface area (Å²) in [5, 5.41) is 1.68. The van der Waals surface area contributed by atoms with Gasteiger partial charge < -0.3 is 10.2 Å². The Balaban J connectivity index is 1.32. The predicted octanol–water partition coefficient (Wildman–Crippen LogP) is 6.02. The van der Waals surface area contributed by atoms with Gasteiger partial charge in [-0.3, -0.25) is 4.79 Å². The second-order valence-corrected chi connectivity index (χ2v) is 13.1. The van der Waals surface area contributed by atoms with Crippen molar-refractivity contribution in [1.82, 2.24) is 9.62 Å². The summed E-state index contributed by atoms with van der Waals surface area (Å²) in [6.45, 7) is 3.47. The SMILES string of the molecule is C[C@H](C[C@H](NS(=O)(=O)C1CCC(F)(F)CC1)c1ccccc1)N1CCC(CC(=O)Nc2ccc(F)cc2F)CC1. The van der Waals surface area contributed by atoms with Gasteiger partial charge in [0.25, 0.3) is 0 Å². The van der Waals surface area contributed by atoms with Crippen LogP contribution in [0.2, 0.25) is 0 Å². The Morgan fingerprint density at radius 1 is 1.02 bits per heavy atom. The minimum atomic E-state index is -3.80. The standard InChI is InChI=1S/C29H37F4N3O3S/c1-20(36-15-11-21(12-16-36)18-28(37)34-26-8-7-23(30)19-25(26)31)17-27(22-5-3-2-4-6-22)35-40(38,39)24-9-13-29(32,33)14-10-24/h2-8,19-21,24,27,35H,9-18H2,1H3,(H,34,37)/t20-,27+/m1/s1. The largest absolute Gasteiger partial charge is 0.324 e. The number of benzene rings is 2. The van der Waals surface area contributed by atoms with Crippen LogP contribution in [-0.2, 0) is 14.8 Å². The molecule has 0 unspecified atom stereocenters. The summed E-state index contributed by atoms with van der Waals surface area (Å²) in [6, 6.07) is 11.8. The van der Waals surface area contributed by atoms with Gasteiger partial charge in [-0.25, -0.2) is 30.7 Å². The molecule has 0 spiro atoms. The van der Waals surface area contributed by atoms with Crippen LogP contribution in [-0.4, -0.2) is 49.5 Å². The smallest absolute Gasteiger partial charge is 0.248 e. The Labute approximate surface area is 233 Å². The summed E-state index contributed by atoms with van der Waals surface area (Å²) in [5.41, 5.74) is 0.771. The van der Waals surface area contributed by atoms with Gasteiger partial charge in [-0.1, -0.05) is 30.3 Å². The van der Waals surface area contributed by atoms with E-state index in [0.29, 0.717) is 6.42 Å². The Morgan fingerprint density at radius 3 is 2.30 bits per heavy atom. The number of amides is 1. The summed E-state index contributed by atoms with van der Waals surface area (Å²) >= 11 is 0. The summed E-state index contributed by atoms with van der Waals surface area (Å²) < 4.78 is 83.5. The van der Waals surface area contributed by atoms with Crippen LogP contribution in [0.4, 0.5) is 23.2 Å². The number of hydrogen-bond donors (Lipinski definition) is 2. The summed E-state index contributed by atoms with van der Waals surface area (Å²) in [5.74, 6) is -4.54. The lowest BCUT2D eigenvalue weighted by atomic mass is 9.91. The highest BCUT2D eigenvalue weighted by atomic mass is 32.2. The lowest BCUT2D eigenvalue weighted by Crippen LogP contribution is -2.44. The zero-order chi connectivity index (χ0) is 28.9. The van der Waals surface area contributed by atoms with Crippen LogP contribution in [0, 0.1) is 17.6 Å². The van der Waals surface area contributed by atoms with E-state index in [0.717, 1.165) is 43.6 Å². The molecule has 2 aromatic rings. The summed E-state index contributed by atoms with van der Waals surface area (Å²) in [6.07, 6.45) is 1.27. The Morgan fingerprint density at radius 2 is 1.68 bits per heavy atom. The zero-order valence-electron chi connectivity index (χ0n) is 22.6. The molecule has 0 bridgehead atoms. The number of rotatable bonds is 10. The molecule has 1 amide bonds. The Kier molecular flexibility index (Phi) is 9.89. The number of nitrogens with one attached hydrogen (secondary N) is 2. The van der Waals surface area contributed by atoms with Crippen molar-refractivity contribution in [2.75, 3.05) is 18.4 Å². The van der Waals surface area contributed by atoms with Crippen LogP contribution in [0.25, 0.3) is 0 Å². The molecular weight excluding hydrogens is 546 g/mol. The van der Waals surface area contributed by atoms with Crippen LogP contribution < -0.4 is 10.0 Å². The fourth-order valence-electron chi connectivity index (χ4n) is 5.70. The van der Waals surface area contributed by atoms with Gasteiger partial charge in [-0.15, -0.1) is 0 Å². The molecule has 2 aromatic carbocycles. The first-order valence-electron chi connectivity index (χ1n) is 13.8. The minimum Gasteiger partial charge on any atom is -0.324 e. The second kappa shape index (κ2) is 13.0. The molecular formula is C29H37F4N3O3S. The molecule has 1 saturated carbocycles. The van der Waals surface area contributed by atoms with Crippen molar-refractivity contribution in [2.45, 2.75) is 81.5 Å².